The van der Waals surface area contributed by atoms with Crippen molar-refractivity contribution in [1.29, 1.82) is 0 Å². The third kappa shape index (κ3) is 4.38. The number of piperazine rings is 1. The molecule has 2 amide bonds. The Labute approximate surface area is 180 Å². The molecule has 0 aromatic heterocycles. The van der Waals surface area contributed by atoms with E-state index in [-0.39, 0.29) is 37.2 Å². The predicted molar refractivity (Wildman–Crippen MR) is 114 cm³/mol. The van der Waals surface area contributed by atoms with Gasteiger partial charge in [-0.2, -0.15) is 0 Å². The van der Waals surface area contributed by atoms with Crippen molar-refractivity contribution < 1.29 is 23.5 Å². The van der Waals surface area contributed by atoms with Crippen molar-refractivity contribution in [3.63, 3.8) is 0 Å². The van der Waals surface area contributed by atoms with E-state index in [1.54, 1.807) is 29.2 Å². The highest BCUT2D eigenvalue weighted by Crippen LogP contribution is 2.31. The largest absolute Gasteiger partial charge is 0.491 e. The van der Waals surface area contributed by atoms with E-state index >= 15 is 0 Å². The SMILES string of the molecule is CC(=O)c1ccc(N2CCN(C(=O)CN3C(=O)CCOc4ccccc43)CC2)c(F)c1. The van der Waals surface area contributed by atoms with E-state index in [1.807, 2.05) is 17.0 Å². The van der Waals surface area contributed by atoms with Crippen molar-refractivity contribution in [1.82, 2.24) is 4.90 Å². The topological polar surface area (TPSA) is 70.2 Å². The van der Waals surface area contributed by atoms with Crippen molar-refractivity contribution in [2.24, 2.45) is 0 Å². The average Bonchev–Trinajstić information content (AvgIpc) is 2.92. The van der Waals surface area contributed by atoms with Crippen LogP contribution >= 0.6 is 0 Å². The second-order valence-electron chi connectivity index (χ2n) is 7.64. The fraction of sp³-hybridized carbons (Fsp3) is 0.348. The zero-order valence-corrected chi connectivity index (χ0v) is 17.3. The number of para-hydroxylation sites is 2. The van der Waals surface area contributed by atoms with E-state index in [4.69, 9.17) is 4.74 Å². The Balaban J connectivity index is 1.41. The van der Waals surface area contributed by atoms with Crippen LogP contribution in [0.3, 0.4) is 0 Å². The van der Waals surface area contributed by atoms with Crippen molar-refractivity contribution in [3.8, 4) is 5.75 Å². The molecule has 1 saturated heterocycles. The smallest absolute Gasteiger partial charge is 0.242 e. The summed E-state index contributed by atoms with van der Waals surface area (Å²) in [7, 11) is 0. The van der Waals surface area contributed by atoms with Crippen LogP contribution in [0.25, 0.3) is 0 Å². The van der Waals surface area contributed by atoms with Crippen molar-refractivity contribution in [2.75, 3.05) is 49.1 Å². The first-order chi connectivity index (χ1) is 14.9. The zero-order chi connectivity index (χ0) is 22.0. The number of ketones is 1. The Bertz CT molecular complexity index is 1020. The fourth-order valence-electron chi connectivity index (χ4n) is 3.91. The van der Waals surface area contributed by atoms with Crippen LogP contribution < -0.4 is 14.5 Å². The Morgan fingerprint density at radius 3 is 2.48 bits per heavy atom. The number of nitrogens with zero attached hydrogens (tertiary/aromatic N) is 3. The lowest BCUT2D eigenvalue weighted by Crippen LogP contribution is -2.52. The summed E-state index contributed by atoms with van der Waals surface area (Å²) >= 11 is 0. The summed E-state index contributed by atoms with van der Waals surface area (Å²) in [5.41, 5.74) is 1.36. The first-order valence-corrected chi connectivity index (χ1v) is 10.3. The molecule has 0 saturated carbocycles. The number of fused-ring (bicyclic) bond motifs is 1. The van der Waals surface area contributed by atoms with Gasteiger partial charge in [-0.25, -0.2) is 4.39 Å². The monoisotopic (exact) mass is 425 g/mol. The molecule has 2 aliphatic heterocycles. The Morgan fingerprint density at radius 2 is 1.77 bits per heavy atom. The molecule has 2 heterocycles. The molecule has 162 valence electrons. The van der Waals surface area contributed by atoms with Crippen molar-refractivity contribution >= 4 is 29.0 Å². The van der Waals surface area contributed by atoms with Gasteiger partial charge in [0.2, 0.25) is 11.8 Å². The van der Waals surface area contributed by atoms with Crippen LogP contribution in [0.2, 0.25) is 0 Å². The molecule has 7 nitrogen and oxygen atoms in total. The second kappa shape index (κ2) is 8.75. The molecule has 1 fully saturated rings. The minimum atomic E-state index is -0.445. The van der Waals surface area contributed by atoms with Gasteiger partial charge in [-0.3, -0.25) is 19.3 Å². The molecule has 2 aromatic carbocycles. The summed E-state index contributed by atoms with van der Waals surface area (Å²) in [5, 5.41) is 0. The number of ether oxygens (including phenoxy) is 1. The molecule has 0 aliphatic carbocycles. The van der Waals surface area contributed by atoms with E-state index < -0.39 is 5.82 Å². The molecule has 0 spiro atoms. The quantitative estimate of drug-likeness (QED) is 0.704. The number of Topliss-reactive ketones (excluding diaryl/α,β-unsaturated/α-hetero) is 1. The normalized spacial score (nSPS) is 16.5. The molecule has 2 aromatic rings. The molecular formula is C23H24FN3O4. The van der Waals surface area contributed by atoms with E-state index in [1.165, 1.54) is 17.9 Å². The first-order valence-electron chi connectivity index (χ1n) is 10.3. The van der Waals surface area contributed by atoms with Crippen LogP contribution in [0.5, 0.6) is 5.75 Å². The van der Waals surface area contributed by atoms with E-state index in [0.29, 0.717) is 48.9 Å². The molecule has 0 atom stereocenters. The number of halogens is 1. The van der Waals surface area contributed by atoms with E-state index in [9.17, 15) is 18.8 Å². The number of rotatable bonds is 4. The van der Waals surface area contributed by atoms with Gasteiger partial charge in [0.25, 0.3) is 0 Å². The highest BCUT2D eigenvalue weighted by atomic mass is 19.1. The van der Waals surface area contributed by atoms with Crippen LogP contribution in [0.4, 0.5) is 15.8 Å². The Hall–Kier alpha value is -3.42. The molecular weight excluding hydrogens is 401 g/mol. The number of hydrogen-bond acceptors (Lipinski definition) is 5. The molecule has 0 radical (unpaired) electrons. The third-order valence-electron chi connectivity index (χ3n) is 5.65. The number of anilines is 2. The number of carbonyl (C=O) groups excluding carboxylic acids is 3. The molecule has 2 aliphatic rings. The van der Waals surface area contributed by atoms with Gasteiger partial charge in [-0.15, -0.1) is 0 Å². The first kappa shape index (κ1) is 20.8. The minimum Gasteiger partial charge on any atom is -0.491 e. The van der Waals surface area contributed by atoms with Gasteiger partial charge < -0.3 is 14.5 Å². The summed E-state index contributed by atoms with van der Waals surface area (Å²) in [4.78, 5) is 41.9. The van der Waals surface area contributed by atoms with Crippen LogP contribution in [-0.2, 0) is 9.59 Å². The standard InChI is InChI=1S/C23H24FN3O4/c1-16(28)17-6-7-19(18(24)14-17)25-9-11-26(12-10-25)23(30)15-27-20-4-2-3-5-21(20)31-13-8-22(27)29/h2-7,14H,8-13,15H2,1H3. The number of benzene rings is 2. The number of carbonyl (C=O) groups is 3. The molecule has 0 bridgehead atoms. The average molecular weight is 425 g/mol. The van der Waals surface area contributed by atoms with Gasteiger partial charge in [0, 0.05) is 31.7 Å². The minimum absolute atomic E-state index is 0.0547. The maximum Gasteiger partial charge on any atom is 0.242 e. The highest BCUT2D eigenvalue weighted by Gasteiger charge is 2.29. The lowest BCUT2D eigenvalue weighted by atomic mass is 10.1. The maximum absolute atomic E-state index is 14.5. The molecule has 0 N–H and O–H groups in total. The van der Waals surface area contributed by atoms with Gasteiger partial charge in [-0.1, -0.05) is 12.1 Å². The fourth-order valence-corrected chi connectivity index (χ4v) is 3.91. The molecule has 31 heavy (non-hydrogen) atoms. The van der Waals surface area contributed by atoms with E-state index in [2.05, 4.69) is 0 Å². The van der Waals surface area contributed by atoms with Crippen LogP contribution in [0, 0.1) is 5.82 Å². The number of hydrogen-bond donors (Lipinski definition) is 0. The maximum atomic E-state index is 14.5. The van der Waals surface area contributed by atoms with Crippen LogP contribution in [0.15, 0.2) is 42.5 Å². The summed E-state index contributed by atoms with van der Waals surface area (Å²) in [6, 6.07) is 11.7. The highest BCUT2D eigenvalue weighted by molar-refractivity contribution is 6.00. The van der Waals surface area contributed by atoms with Gasteiger partial charge in [-0.05, 0) is 37.3 Å². The lowest BCUT2D eigenvalue weighted by molar-refractivity contribution is -0.131. The molecule has 0 unspecified atom stereocenters. The van der Waals surface area contributed by atoms with Crippen LogP contribution in [0.1, 0.15) is 23.7 Å². The van der Waals surface area contributed by atoms with Gasteiger partial charge >= 0.3 is 0 Å². The molecule has 4 rings (SSSR count). The molecule has 8 heteroatoms. The summed E-state index contributed by atoms with van der Waals surface area (Å²) in [5.74, 6) is -0.340. The summed E-state index contributed by atoms with van der Waals surface area (Å²) in [6.45, 7) is 3.41. The van der Waals surface area contributed by atoms with E-state index in [0.717, 1.165) is 0 Å². The summed E-state index contributed by atoms with van der Waals surface area (Å²) < 4.78 is 20.1. The third-order valence-corrected chi connectivity index (χ3v) is 5.65. The van der Waals surface area contributed by atoms with Crippen molar-refractivity contribution in [2.45, 2.75) is 13.3 Å². The zero-order valence-electron chi connectivity index (χ0n) is 17.3. The van der Waals surface area contributed by atoms with Crippen molar-refractivity contribution in [3.05, 3.63) is 53.8 Å². The van der Waals surface area contributed by atoms with Gasteiger partial charge in [0.15, 0.2) is 5.78 Å². The van der Waals surface area contributed by atoms with Gasteiger partial charge in [0.1, 0.15) is 18.1 Å². The predicted octanol–water partition coefficient (Wildman–Crippen LogP) is 2.49. The summed E-state index contributed by atoms with van der Waals surface area (Å²) in [6.07, 6.45) is 0.214. The second-order valence-corrected chi connectivity index (χ2v) is 7.64. The Kier molecular flexibility index (Phi) is 5.88. The Morgan fingerprint density at radius 1 is 1.03 bits per heavy atom. The van der Waals surface area contributed by atoms with Gasteiger partial charge in [0.05, 0.1) is 24.4 Å². The van der Waals surface area contributed by atoms with Crippen LogP contribution in [-0.4, -0.2) is 61.8 Å². The lowest BCUT2D eigenvalue weighted by Gasteiger charge is -2.37. The number of amides is 2.